The molecule has 146 valence electrons. The normalized spacial score (nSPS) is 10.9. The van der Waals surface area contributed by atoms with Crippen LogP contribution in [0.1, 0.15) is 11.3 Å². The smallest absolute Gasteiger partial charge is 0.295 e. The first-order chi connectivity index (χ1) is 13.4. The van der Waals surface area contributed by atoms with Crippen LogP contribution in [0.25, 0.3) is 5.69 Å². The number of anilines is 1. The molecule has 0 aliphatic rings. The molecular formula is C20H19Cl2N3O2S. The Labute approximate surface area is 177 Å². The van der Waals surface area contributed by atoms with E-state index in [1.165, 1.54) is 16.4 Å². The first-order valence-corrected chi connectivity index (χ1v) is 10.4. The Balaban J connectivity index is 1.67. The third-order valence-corrected chi connectivity index (χ3v) is 6.05. The molecule has 0 saturated heterocycles. The van der Waals surface area contributed by atoms with Gasteiger partial charge >= 0.3 is 0 Å². The number of nitrogens with one attached hydrogen (secondary N) is 1. The summed E-state index contributed by atoms with van der Waals surface area (Å²) in [7, 11) is 1.79. The molecule has 3 aromatic rings. The number of thioether (sulfide) groups is 1. The predicted octanol–water partition coefficient (Wildman–Crippen LogP) is 4.66. The third-order valence-electron chi connectivity index (χ3n) is 4.30. The molecule has 0 unspecified atom stereocenters. The van der Waals surface area contributed by atoms with E-state index in [1.54, 1.807) is 30.8 Å². The summed E-state index contributed by atoms with van der Waals surface area (Å²) in [5.41, 5.74) is 2.46. The highest BCUT2D eigenvalue weighted by Gasteiger charge is 2.18. The highest BCUT2D eigenvalue weighted by molar-refractivity contribution is 7.99. The predicted molar refractivity (Wildman–Crippen MR) is 117 cm³/mol. The summed E-state index contributed by atoms with van der Waals surface area (Å²) in [6, 6.07) is 14.7. The summed E-state index contributed by atoms with van der Waals surface area (Å²) >= 11 is 13.4. The molecule has 1 amide bonds. The molecular weight excluding hydrogens is 417 g/mol. The Morgan fingerprint density at radius 2 is 1.82 bits per heavy atom. The van der Waals surface area contributed by atoms with Gasteiger partial charge in [-0.25, -0.2) is 4.68 Å². The minimum absolute atomic E-state index is 0.222. The van der Waals surface area contributed by atoms with Gasteiger partial charge in [-0.05, 0) is 36.8 Å². The van der Waals surface area contributed by atoms with E-state index >= 15 is 0 Å². The van der Waals surface area contributed by atoms with Gasteiger partial charge in [-0.1, -0.05) is 47.5 Å². The zero-order valence-electron chi connectivity index (χ0n) is 15.4. The van der Waals surface area contributed by atoms with E-state index in [1.807, 2.05) is 36.4 Å². The van der Waals surface area contributed by atoms with E-state index in [9.17, 15) is 9.59 Å². The number of halogens is 2. The molecule has 28 heavy (non-hydrogen) atoms. The largest absolute Gasteiger partial charge is 0.319 e. The van der Waals surface area contributed by atoms with Gasteiger partial charge in [0.1, 0.15) is 5.69 Å². The quantitative estimate of drug-likeness (QED) is 0.612. The monoisotopic (exact) mass is 435 g/mol. The van der Waals surface area contributed by atoms with E-state index in [2.05, 4.69) is 5.32 Å². The number of para-hydroxylation sites is 1. The van der Waals surface area contributed by atoms with Crippen LogP contribution < -0.4 is 10.9 Å². The van der Waals surface area contributed by atoms with E-state index in [4.69, 9.17) is 23.2 Å². The lowest BCUT2D eigenvalue weighted by molar-refractivity contribution is -0.113. The lowest BCUT2D eigenvalue weighted by Gasteiger charge is -2.07. The Hall–Kier alpha value is -2.15. The summed E-state index contributed by atoms with van der Waals surface area (Å²) in [6.07, 6.45) is 0. The van der Waals surface area contributed by atoms with Crippen molar-refractivity contribution in [2.45, 2.75) is 12.7 Å². The summed E-state index contributed by atoms with van der Waals surface area (Å²) in [6.45, 7) is 1.80. The standard InChI is InChI=1S/C20H19Cl2N3O2S/c1-13-19(20(27)25(24(13)2)15-6-4-3-5-7-15)23-18(26)12-28-11-14-8-9-16(21)17(22)10-14/h3-10H,11-12H2,1-2H3,(H,23,26). The Kier molecular flexibility index (Phi) is 6.54. The van der Waals surface area contributed by atoms with Crippen LogP contribution in [0, 0.1) is 6.92 Å². The maximum atomic E-state index is 12.8. The molecule has 8 heteroatoms. The van der Waals surface area contributed by atoms with E-state index in [-0.39, 0.29) is 17.2 Å². The van der Waals surface area contributed by atoms with E-state index in [0.717, 1.165) is 11.3 Å². The summed E-state index contributed by atoms with van der Waals surface area (Å²) in [5, 5.41) is 3.75. The van der Waals surface area contributed by atoms with Crippen molar-refractivity contribution in [2.75, 3.05) is 11.1 Å². The van der Waals surface area contributed by atoms with Crippen LogP contribution in [-0.4, -0.2) is 21.0 Å². The van der Waals surface area contributed by atoms with Gasteiger partial charge in [0.05, 0.1) is 27.2 Å². The molecule has 0 aliphatic heterocycles. The highest BCUT2D eigenvalue weighted by Crippen LogP contribution is 2.24. The Bertz CT molecular complexity index is 1060. The number of carbonyl (C=O) groups is 1. The highest BCUT2D eigenvalue weighted by atomic mass is 35.5. The van der Waals surface area contributed by atoms with Gasteiger partial charge in [0.15, 0.2) is 0 Å². The molecule has 0 bridgehead atoms. The lowest BCUT2D eigenvalue weighted by Crippen LogP contribution is -2.23. The van der Waals surface area contributed by atoms with Gasteiger partial charge in [-0.15, -0.1) is 11.8 Å². The van der Waals surface area contributed by atoms with E-state index < -0.39 is 0 Å². The fourth-order valence-electron chi connectivity index (χ4n) is 2.78. The van der Waals surface area contributed by atoms with Crippen LogP contribution in [0.4, 0.5) is 5.69 Å². The fraction of sp³-hybridized carbons (Fsp3) is 0.200. The number of rotatable bonds is 6. The number of amides is 1. The molecule has 1 heterocycles. The van der Waals surface area contributed by atoms with Crippen molar-refractivity contribution in [3.8, 4) is 5.69 Å². The second kappa shape index (κ2) is 8.90. The van der Waals surface area contributed by atoms with Crippen molar-refractivity contribution < 1.29 is 4.79 Å². The maximum Gasteiger partial charge on any atom is 0.295 e. The average molecular weight is 436 g/mol. The van der Waals surface area contributed by atoms with Crippen molar-refractivity contribution in [3.05, 3.63) is 80.2 Å². The molecule has 0 aliphatic carbocycles. The molecule has 2 aromatic carbocycles. The molecule has 0 saturated carbocycles. The molecule has 0 spiro atoms. The number of hydrogen-bond acceptors (Lipinski definition) is 3. The number of carbonyl (C=O) groups excluding carboxylic acids is 1. The van der Waals surface area contributed by atoms with Gasteiger partial charge < -0.3 is 5.32 Å². The topological polar surface area (TPSA) is 56.0 Å². The van der Waals surface area contributed by atoms with Crippen molar-refractivity contribution in [2.24, 2.45) is 7.05 Å². The first kappa shape index (κ1) is 20.6. The number of aromatic nitrogens is 2. The zero-order chi connectivity index (χ0) is 20.3. The van der Waals surface area contributed by atoms with Gasteiger partial charge in [-0.3, -0.25) is 14.3 Å². The van der Waals surface area contributed by atoms with Crippen molar-refractivity contribution in [1.82, 2.24) is 9.36 Å². The van der Waals surface area contributed by atoms with Gasteiger partial charge in [0.25, 0.3) is 5.56 Å². The van der Waals surface area contributed by atoms with Crippen LogP contribution in [0.2, 0.25) is 10.0 Å². The Morgan fingerprint density at radius 1 is 1.11 bits per heavy atom. The van der Waals surface area contributed by atoms with Crippen molar-refractivity contribution >= 4 is 46.6 Å². The van der Waals surface area contributed by atoms with Crippen LogP contribution in [0.15, 0.2) is 53.3 Å². The number of hydrogen-bond donors (Lipinski definition) is 1. The SMILES string of the molecule is Cc1c(NC(=O)CSCc2ccc(Cl)c(Cl)c2)c(=O)n(-c2ccccc2)n1C. The molecule has 0 radical (unpaired) electrons. The minimum atomic E-state index is -0.256. The molecule has 3 rings (SSSR count). The third kappa shape index (κ3) is 4.46. The van der Waals surface area contributed by atoms with Crippen molar-refractivity contribution in [1.29, 1.82) is 0 Å². The lowest BCUT2D eigenvalue weighted by atomic mass is 10.2. The van der Waals surface area contributed by atoms with Gasteiger partial charge in [-0.2, -0.15) is 0 Å². The van der Waals surface area contributed by atoms with E-state index in [0.29, 0.717) is 27.2 Å². The zero-order valence-corrected chi connectivity index (χ0v) is 17.7. The molecule has 5 nitrogen and oxygen atoms in total. The van der Waals surface area contributed by atoms with Crippen LogP contribution >= 0.6 is 35.0 Å². The number of benzene rings is 2. The fourth-order valence-corrected chi connectivity index (χ4v) is 3.87. The number of nitrogens with zero attached hydrogens (tertiary/aromatic N) is 2. The summed E-state index contributed by atoms with van der Waals surface area (Å²) < 4.78 is 3.27. The summed E-state index contributed by atoms with van der Waals surface area (Å²) in [4.78, 5) is 25.2. The first-order valence-electron chi connectivity index (χ1n) is 8.54. The summed E-state index contributed by atoms with van der Waals surface area (Å²) in [5.74, 6) is 0.613. The molecule has 0 fully saturated rings. The van der Waals surface area contributed by atoms with Gasteiger partial charge in [0, 0.05) is 12.8 Å². The Morgan fingerprint density at radius 3 is 2.50 bits per heavy atom. The van der Waals surface area contributed by atoms with Gasteiger partial charge in [0.2, 0.25) is 5.91 Å². The second-order valence-corrected chi connectivity index (χ2v) is 8.03. The average Bonchev–Trinajstić information content (AvgIpc) is 2.88. The minimum Gasteiger partial charge on any atom is -0.319 e. The van der Waals surface area contributed by atoms with Crippen LogP contribution in [-0.2, 0) is 17.6 Å². The molecule has 1 aromatic heterocycles. The second-order valence-electron chi connectivity index (χ2n) is 6.23. The van der Waals surface area contributed by atoms with Crippen LogP contribution in [0.5, 0.6) is 0 Å². The maximum absolute atomic E-state index is 12.8. The molecule has 0 atom stereocenters. The van der Waals surface area contributed by atoms with Crippen LogP contribution in [0.3, 0.4) is 0 Å². The van der Waals surface area contributed by atoms with Crippen molar-refractivity contribution in [3.63, 3.8) is 0 Å². The molecule has 1 N–H and O–H groups in total.